The van der Waals surface area contributed by atoms with Gasteiger partial charge in [-0.25, -0.2) is 0 Å². The third kappa shape index (κ3) is 6.54. The van der Waals surface area contributed by atoms with Crippen LogP contribution in [0.2, 0.25) is 0 Å². The molecule has 7 heteroatoms. The second kappa shape index (κ2) is 9.66. The number of nitrogens with zero attached hydrogens (tertiary/aromatic N) is 1. The Balaban J connectivity index is 2.54. The van der Waals surface area contributed by atoms with E-state index in [1.807, 2.05) is 6.92 Å². The van der Waals surface area contributed by atoms with E-state index in [1.165, 1.54) is 19.2 Å². The Labute approximate surface area is 136 Å². The number of rotatable bonds is 10. The van der Waals surface area contributed by atoms with Crippen LogP contribution >= 0.6 is 0 Å². The molecule has 0 heterocycles. The van der Waals surface area contributed by atoms with E-state index in [4.69, 9.17) is 9.47 Å². The van der Waals surface area contributed by atoms with Gasteiger partial charge in [0.25, 0.3) is 5.91 Å². The maximum absolute atomic E-state index is 11.8. The molecule has 0 saturated carbocycles. The van der Waals surface area contributed by atoms with Gasteiger partial charge >= 0.3 is 5.69 Å². The minimum absolute atomic E-state index is 0.0459. The van der Waals surface area contributed by atoms with E-state index < -0.39 is 4.92 Å². The Morgan fingerprint density at radius 3 is 2.74 bits per heavy atom. The molecule has 7 nitrogen and oxygen atoms in total. The lowest BCUT2D eigenvalue weighted by Crippen LogP contribution is -2.36. The summed E-state index contributed by atoms with van der Waals surface area (Å²) in [6.07, 6.45) is 4.23. The second-order valence-corrected chi connectivity index (χ2v) is 5.34. The molecule has 0 radical (unpaired) electrons. The highest BCUT2D eigenvalue weighted by atomic mass is 16.6. The van der Waals surface area contributed by atoms with E-state index in [-0.39, 0.29) is 30.0 Å². The van der Waals surface area contributed by atoms with Gasteiger partial charge in [0.2, 0.25) is 0 Å². The first-order chi connectivity index (χ1) is 11.0. The quantitative estimate of drug-likeness (QED) is 0.406. The minimum atomic E-state index is -0.566. The zero-order chi connectivity index (χ0) is 17.2. The van der Waals surface area contributed by atoms with Crippen LogP contribution in [0.5, 0.6) is 11.5 Å². The number of nitro groups is 1. The van der Waals surface area contributed by atoms with Crippen LogP contribution < -0.4 is 14.8 Å². The van der Waals surface area contributed by atoms with Crippen molar-refractivity contribution < 1.29 is 19.2 Å². The number of methoxy groups -OCH3 is 1. The Kier molecular flexibility index (Phi) is 7.87. The molecule has 0 fully saturated rings. The molecule has 0 saturated heterocycles. The normalized spacial score (nSPS) is 11.6. The first-order valence-corrected chi connectivity index (χ1v) is 7.72. The lowest BCUT2D eigenvalue weighted by Gasteiger charge is -2.14. The molecule has 1 N–H and O–H groups in total. The molecule has 0 aliphatic heterocycles. The summed E-state index contributed by atoms with van der Waals surface area (Å²) in [4.78, 5) is 22.3. The molecule has 1 aromatic carbocycles. The first kappa shape index (κ1) is 18.7. The Morgan fingerprint density at radius 1 is 1.39 bits per heavy atom. The predicted octanol–water partition coefficient (Wildman–Crippen LogP) is 3.07. The summed E-state index contributed by atoms with van der Waals surface area (Å²) in [6, 6.07) is 4.30. The maximum Gasteiger partial charge on any atom is 0.314 e. The lowest BCUT2D eigenvalue weighted by atomic mass is 10.1. The van der Waals surface area contributed by atoms with Crippen LogP contribution in [0, 0.1) is 10.1 Å². The van der Waals surface area contributed by atoms with E-state index >= 15 is 0 Å². The molecular weight excluding hydrogens is 300 g/mol. The first-order valence-electron chi connectivity index (χ1n) is 7.72. The lowest BCUT2D eigenvalue weighted by molar-refractivity contribution is -0.385. The second-order valence-electron chi connectivity index (χ2n) is 5.34. The highest BCUT2D eigenvalue weighted by Gasteiger charge is 2.18. The Bertz CT molecular complexity index is 533. The molecule has 0 unspecified atom stereocenters. The van der Waals surface area contributed by atoms with Gasteiger partial charge in [-0.15, -0.1) is 0 Å². The van der Waals surface area contributed by atoms with Crippen molar-refractivity contribution in [1.82, 2.24) is 5.32 Å². The van der Waals surface area contributed by atoms with Gasteiger partial charge in [0.05, 0.1) is 18.1 Å². The molecule has 1 atom stereocenters. The molecule has 23 heavy (non-hydrogen) atoms. The van der Waals surface area contributed by atoms with Gasteiger partial charge in [-0.3, -0.25) is 14.9 Å². The van der Waals surface area contributed by atoms with Crippen molar-refractivity contribution >= 4 is 11.6 Å². The zero-order valence-corrected chi connectivity index (χ0v) is 13.8. The van der Waals surface area contributed by atoms with Gasteiger partial charge in [-0.05, 0) is 25.5 Å². The van der Waals surface area contributed by atoms with Crippen molar-refractivity contribution in [3.63, 3.8) is 0 Å². The fourth-order valence-corrected chi connectivity index (χ4v) is 2.12. The van der Waals surface area contributed by atoms with Gasteiger partial charge in [0.1, 0.15) is 5.75 Å². The summed E-state index contributed by atoms with van der Waals surface area (Å²) >= 11 is 0. The highest BCUT2D eigenvalue weighted by Crippen LogP contribution is 2.30. The van der Waals surface area contributed by atoms with Crippen molar-refractivity contribution in [3.8, 4) is 11.5 Å². The van der Waals surface area contributed by atoms with Gasteiger partial charge in [0, 0.05) is 6.04 Å². The van der Waals surface area contributed by atoms with Gasteiger partial charge < -0.3 is 14.8 Å². The molecule has 1 aromatic rings. The standard InChI is InChI=1S/C16H24N2O5/c1-4-5-6-7-12(2)17-16(19)11-23-15-9-8-13(22-3)10-14(15)18(20)21/h8-10,12H,4-7,11H2,1-3H3,(H,17,19)/t12-/m0/s1. The number of hydrogen-bond acceptors (Lipinski definition) is 5. The SMILES string of the molecule is CCCCC[C@H](C)NC(=O)COc1ccc(OC)cc1[N+](=O)[O-]. The van der Waals surface area contributed by atoms with Crippen LogP contribution in [-0.2, 0) is 4.79 Å². The summed E-state index contributed by atoms with van der Waals surface area (Å²) in [7, 11) is 1.42. The summed E-state index contributed by atoms with van der Waals surface area (Å²) in [5.41, 5.74) is -0.229. The molecule has 1 amide bonds. The van der Waals surface area contributed by atoms with Crippen LogP contribution in [0.3, 0.4) is 0 Å². The number of amides is 1. The van der Waals surface area contributed by atoms with Crippen LogP contribution in [0.4, 0.5) is 5.69 Å². The topological polar surface area (TPSA) is 90.7 Å². The summed E-state index contributed by atoms with van der Waals surface area (Å²) in [6.45, 7) is 3.80. The fourth-order valence-electron chi connectivity index (χ4n) is 2.12. The molecule has 0 aliphatic rings. The third-order valence-electron chi connectivity index (χ3n) is 3.37. The van der Waals surface area contributed by atoms with Gasteiger partial charge in [0.15, 0.2) is 12.4 Å². The van der Waals surface area contributed by atoms with E-state index in [2.05, 4.69) is 12.2 Å². The zero-order valence-electron chi connectivity index (χ0n) is 13.8. The number of nitro benzene ring substituents is 1. The Morgan fingerprint density at radius 2 is 2.13 bits per heavy atom. The molecule has 0 bridgehead atoms. The number of nitrogens with one attached hydrogen (secondary N) is 1. The number of carbonyl (C=O) groups excluding carboxylic acids is 1. The van der Waals surface area contributed by atoms with Crippen molar-refractivity contribution in [3.05, 3.63) is 28.3 Å². The van der Waals surface area contributed by atoms with E-state index in [0.29, 0.717) is 5.75 Å². The largest absolute Gasteiger partial charge is 0.496 e. The smallest absolute Gasteiger partial charge is 0.314 e. The predicted molar refractivity (Wildman–Crippen MR) is 86.9 cm³/mol. The average molecular weight is 324 g/mol. The molecule has 0 aliphatic carbocycles. The molecule has 0 spiro atoms. The molecule has 1 rings (SSSR count). The van der Waals surface area contributed by atoms with Crippen molar-refractivity contribution in [2.45, 2.75) is 45.6 Å². The van der Waals surface area contributed by atoms with Crippen LogP contribution in [0.1, 0.15) is 39.5 Å². The van der Waals surface area contributed by atoms with Crippen LogP contribution in [0.25, 0.3) is 0 Å². The van der Waals surface area contributed by atoms with Crippen molar-refractivity contribution in [1.29, 1.82) is 0 Å². The molecular formula is C16H24N2O5. The summed E-state index contributed by atoms with van der Waals surface area (Å²) < 4.78 is 10.2. The maximum atomic E-state index is 11.8. The highest BCUT2D eigenvalue weighted by molar-refractivity contribution is 5.78. The van der Waals surface area contributed by atoms with Gasteiger partial charge in [-0.2, -0.15) is 0 Å². The fraction of sp³-hybridized carbons (Fsp3) is 0.562. The Hall–Kier alpha value is -2.31. The number of ether oxygens (including phenoxy) is 2. The number of unbranched alkanes of at least 4 members (excludes halogenated alkanes) is 2. The monoisotopic (exact) mass is 324 g/mol. The number of hydrogen-bond donors (Lipinski definition) is 1. The third-order valence-corrected chi connectivity index (χ3v) is 3.37. The van der Waals surface area contributed by atoms with Gasteiger partial charge in [-0.1, -0.05) is 26.2 Å². The summed E-state index contributed by atoms with van der Waals surface area (Å²) in [5.74, 6) is 0.113. The van der Waals surface area contributed by atoms with Crippen LogP contribution in [-0.4, -0.2) is 30.6 Å². The number of benzene rings is 1. The average Bonchev–Trinajstić information content (AvgIpc) is 2.52. The van der Waals surface area contributed by atoms with E-state index in [9.17, 15) is 14.9 Å². The van der Waals surface area contributed by atoms with Crippen molar-refractivity contribution in [2.24, 2.45) is 0 Å². The number of carbonyl (C=O) groups is 1. The van der Waals surface area contributed by atoms with E-state index in [0.717, 1.165) is 25.7 Å². The minimum Gasteiger partial charge on any atom is -0.496 e. The van der Waals surface area contributed by atoms with E-state index in [1.54, 1.807) is 6.07 Å². The summed E-state index contributed by atoms with van der Waals surface area (Å²) in [5, 5.41) is 13.9. The van der Waals surface area contributed by atoms with Crippen molar-refractivity contribution in [2.75, 3.05) is 13.7 Å². The molecule has 0 aromatic heterocycles. The van der Waals surface area contributed by atoms with Crippen LogP contribution in [0.15, 0.2) is 18.2 Å². The molecule has 128 valence electrons.